The zero-order valence-corrected chi connectivity index (χ0v) is 14.4. The van der Waals surface area contributed by atoms with Crippen molar-refractivity contribution in [3.8, 4) is 0 Å². The van der Waals surface area contributed by atoms with Crippen molar-refractivity contribution in [2.45, 2.75) is 0 Å². The van der Waals surface area contributed by atoms with Gasteiger partial charge < -0.3 is 28.1 Å². The topological polar surface area (TPSA) is 126 Å². The average Bonchev–Trinajstić information content (AvgIpc) is 1.25. The summed E-state index contributed by atoms with van der Waals surface area (Å²) in [6.07, 6.45) is 0. The van der Waals surface area contributed by atoms with Crippen molar-refractivity contribution in [1.29, 1.82) is 0 Å². The van der Waals surface area contributed by atoms with Crippen LogP contribution in [0.1, 0.15) is 0 Å². The van der Waals surface area contributed by atoms with Gasteiger partial charge in [-0.2, -0.15) is 0 Å². The fourth-order valence-electron chi connectivity index (χ4n) is 0. The van der Waals surface area contributed by atoms with Crippen LogP contribution in [0.4, 0.5) is 0 Å². The van der Waals surface area contributed by atoms with E-state index in [9.17, 15) is 0 Å². The van der Waals surface area contributed by atoms with Gasteiger partial charge in [0.25, 0.3) is 0 Å². The van der Waals surface area contributed by atoms with E-state index >= 15 is 0 Å². The second kappa shape index (κ2) is 22.9. The van der Waals surface area contributed by atoms with Crippen LogP contribution in [0, 0.1) is 0 Å². The van der Waals surface area contributed by atoms with E-state index in [0.29, 0.717) is 0 Å². The molecule has 0 bridgehead atoms. The summed E-state index contributed by atoms with van der Waals surface area (Å²) in [6, 6.07) is 0. The van der Waals surface area contributed by atoms with Gasteiger partial charge in [0.1, 0.15) is 0 Å². The number of rotatable bonds is 0. The molecule has 0 unspecified atom stereocenters. The van der Waals surface area contributed by atoms with Crippen LogP contribution in [-0.4, -0.2) is 56.1 Å². The monoisotopic (exact) mass is 238 g/mol. The zero-order chi connectivity index (χ0) is 7.15. The van der Waals surface area contributed by atoms with Crippen LogP contribution in [-0.2, 0) is 8.92 Å². The molecule has 0 aromatic rings. The normalized spacial score (nSPS) is 4.36. The third-order valence-electron chi connectivity index (χ3n) is 0. The summed E-state index contributed by atoms with van der Waals surface area (Å²) >= 11 is 0. The molecular weight excluding hydrogens is 238 g/mol. The first-order valence-electron chi connectivity index (χ1n) is 1.22. The summed E-state index contributed by atoms with van der Waals surface area (Å²) in [5, 5.41) is 0. The molecule has 0 fully saturated rings. The molecule has 48 valence electrons. The Balaban J connectivity index is -0.0000000171. The Morgan fingerprint density at radius 2 is 0.727 bits per heavy atom. The maximum absolute atomic E-state index is 8.52. The Morgan fingerprint density at radius 3 is 0.727 bits per heavy atom. The summed E-state index contributed by atoms with van der Waals surface area (Å²) in [6.45, 7) is 0. The average molecular weight is 238 g/mol. The molecule has 6 nitrogen and oxygen atoms in total. The molecule has 0 radical (unpaired) electrons. The standard InChI is InChI=1S/Ca.2Na.2O3Si/c;;;2*1-4(2)3/q+2;2*+1;2*-2. The second-order valence-corrected chi connectivity index (χ2v) is 1.50. The van der Waals surface area contributed by atoms with Crippen molar-refractivity contribution < 1.29 is 87.2 Å². The summed E-state index contributed by atoms with van der Waals surface area (Å²) in [5.74, 6) is 0. The molecule has 0 saturated heterocycles. The van der Waals surface area contributed by atoms with Crippen molar-refractivity contribution in [3.63, 3.8) is 0 Å². The van der Waals surface area contributed by atoms with E-state index in [0.717, 1.165) is 0 Å². The van der Waals surface area contributed by atoms with Gasteiger partial charge in [-0.05, 0) is 0 Å². The maximum atomic E-state index is 8.52. The molecule has 0 aliphatic carbocycles. The molecule has 0 aromatic heterocycles. The summed E-state index contributed by atoms with van der Waals surface area (Å²) in [4.78, 5) is 34.1. The van der Waals surface area contributed by atoms with Crippen LogP contribution in [0.5, 0.6) is 0 Å². The van der Waals surface area contributed by atoms with Crippen LogP contribution in [0.15, 0.2) is 0 Å². The van der Waals surface area contributed by atoms with Crippen LogP contribution in [0.25, 0.3) is 0 Å². The van der Waals surface area contributed by atoms with E-state index < -0.39 is 18.3 Å². The maximum Gasteiger partial charge on any atom is 2.00 e. The number of hydrogen-bond acceptors (Lipinski definition) is 6. The molecule has 0 N–H and O–H groups in total. The fourth-order valence-corrected chi connectivity index (χ4v) is 0. The molecule has 0 spiro atoms. The first kappa shape index (κ1) is 29.2. The Bertz CT molecular complexity index is 76.6. The Hall–Kier alpha value is 2.49. The quantitative estimate of drug-likeness (QED) is 0.385. The van der Waals surface area contributed by atoms with Gasteiger partial charge in [0.05, 0.1) is 0 Å². The van der Waals surface area contributed by atoms with E-state index in [-0.39, 0.29) is 96.9 Å². The first-order chi connectivity index (χ1) is 3.46. The smallest absolute Gasteiger partial charge is 0.672 e. The van der Waals surface area contributed by atoms with Gasteiger partial charge in [-0.25, -0.2) is 0 Å². The second-order valence-electron chi connectivity index (χ2n) is 0.500. The summed E-state index contributed by atoms with van der Waals surface area (Å²) in [5.41, 5.74) is 0. The third-order valence-corrected chi connectivity index (χ3v) is 0. The van der Waals surface area contributed by atoms with Gasteiger partial charge in [0, 0.05) is 18.3 Å². The van der Waals surface area contributed by atoms with Crippen molar-refractivity contribution in [2.24, 2.45) is 0 Å². The molecule has 0 saturated carbocycles. The van der Waals surface area contributed by atoms with Crippen molar-refractivity contribution in [3.05, 3.63) is 0 Å². The SMILES string of the molecule is O=[Si]([O-])[O-].O=[Si]([O-])[O-].[Ca+2].[Na+].[Na+]. The largest absolute Gasteiger partial charge is 2.00 e. The first-order valence-corrected chi connectivity index (χ1v) is 3.67. The van der Waals surface area contributed by atoms with Crippen LogP contribution >= 0.6 is 0 Å². The third kappa shape index (κ3) is 221. The summed E-state index contributed by atoms with van der Waals surface area (Å²) in [7, 11) is -7.26. The summed E-state index contributed by atoms with van der Waals surface area (Å²) < 4.78 is 17.0. The minimum atomic E-state index is -3.63. The van der Waals surface area contributed by atoms with Gasteiger partial charge >= 0.3 is 96.9 Å². The van der Waals surface area contributed by atoms with Crippen molar-refractivity contribution in [1.82, 2.24) is 0 Å². The van der Waals surface area contributed by atoms with Gasteiger partial charge in [0.2, 0.25) is 0 Å². The Morgan fingerprint density at radius 1 is 0.727 bits per heavy atom. The molecule has 0 aliphatic heterocycles. The minimum Gasteiger partial charge on any atom is -0.672 e. The molecule has 0 atom stereocenters. The number of hydrogen-bond donors (Lipinski definition) is 0. The molecule has 0 heterocycles. The molecule has 11 heteroatoms. The predicted octanol–water partition coefficient (Wildman–Crippen LogP) is -12.1. The zero-order valence-electron chi connectivity index (χ0n) is 6.16. The van der Waals surface area contributed by atoms with E-state index in [1.165, 1.54) is 0 Å². The molecule has 0 aliphatic rings. The molecular formula is CaNa2O6Si2. The Labute approximate surface area is 140 Å². The molecule has 0 amide bonds. The Kier molecular flexibility index (Phi) is 60.7. The molecule has 0 aromatic carbocycles. The minimum absolute atomic E-state index is 0. The van der Waals surface area contributed by atoms with Gasteiger partial charge in [-0.3, -0.25) is 0 Å². The van der Waals surface area contributed by atoms with E-state index in [2.05, 4.69) is 0 Å². The van der Waals surface area contributed by atoms with Crippen LogP contribution in [0.3, 0.4) is 0 Å². The van der Waals surface area contributed by atoms with Crippen LogP contribution < -0.4 is 78.3 Å². The van der Waals surface area contributed by atoms with Crippen LogP contribution in [0.2, 0.25) is 0 Å². The van der Waals surface area contributed by atoms with Gasteiger partial charge in [0.15, 0.2) is 0 Å². The van der Waals surface area contributed by atoms with Crippen molar-refractivity contribution >= 4 is 56.1 Å². The predicted molar refractivity (Wildman–Crippen MR) is 18.6 cm³/mol. The van der Waals surface area contributed by atoms with Gasteiger partial charge in [-0.1, -0.05) is 0 Å². The van der Waals surface area contributed by atoms with E-state index in [4.69, 9.17) is 28.1 Å². The van der Waals surface area contributed by atoms with Gasteiger partial charge in [-0.15, -0.1) is 0 Å². The van der Waals surface area contributed by atoms with Crippen molar-refractivity contribution in [2.75, 3.05) is 0 Å². The molecule has 0 rings (SSSR count). The van der Waals surface area contributed by atoms with E-state index in [1.54, 1.807) is 0 Å². The van der Waals surface area contributed by atoms with E-state index in [1.807, 2.05) is 0 Å². The fraction of sp³-hybridized carbons (Fsp3) is 0. The molecule has 11 heavy (non-hydrogen) atoms.